The number of halogens is 2. The normalized spacial score (nSPS) is 20.8. The summed E-state index contributed by atoms with van der Waals surface area (Å²) < 4.78 is 6.97. The number of carbonyl (C=O) groups excluding carboxylic acids is 1. The summed E-state index contributed by atoms with van der Waals surface area (Å²) in [6.07, 6.45) is 2.19. The summed E-state index contributed by atoms with van der Waals surface area (Å²) in [4.78, 5) is 23.6. The lowest BCUT2D eigenvalue weighted by Crippen LogP contribution is -2.32. The number of furan rings is 1. The Labute approximate surface area is 143 Å². The molecule has 3 rings (SSSR count). The van der Waals surface area contributed by atoms with Crippen molar-refractivity contribution < 1.29 is 19.1 Å². The van der Waals surface area contributed by atoms with Crippen molar-refractivity contribution in [3.63, 3.8) is 0 Å². The monoisotopic (exact) mass is 426 g/mol. The molecule has 1 aromatic carbocycles. The van der Waals surface area contributed by atoms with E-state index >= 15 is 0 Å². The summed E-state index contributed by atoms with van der Waals surface area (Å²) in [7, 11) is 0. The highest BCUT2D eigenvalue weighted by atomic mass is 79.9. The molecule has 0 fully saturated rings. The molecule has 22 heavy (non-hydrogen) atoms. The molecular weight excluding hydrogens is 416 g/mol. The fourth-order valence-electron chi connectivity index (χ4n) is 3.02. The number of Topliss-reactive ketones (excluding diaryl/α,β-unsaturated/α-hetero) is 1. The lowest BCUT2D eigenvalue weighted by atomic mass is 9.67. The molecule has 0 spiro atoms. The van der Waals surface area contributed by atoms with Crippen LogP contribution in [0.2, 0.25) is 0 Å². The van der Waals surface area contributed by atoms with Crippen molar-refractivity contribution in [2.75, 3.05) is 0 Å². The van der Waals surface area contributed by atoms with Crippen LogP contribution in [0.3, 0.4) is 0 Å². The van der Waals surface area contributed by atoms with E-state index in [1.807, 2.05) is 25.1 Å². The average Bonchev–Trinajstić information content (AvgIpc) is 2.93. The molecule has 0 aliphatic heterocycles. The second-order valence-electron chi connectivity index (χ2n) is 5.54. The van der Waals surface area contributed by atoms with Crippen LogP contribution >= 0.6 is 31.9 Å². The van der Waals surface area contributed by atoms with Gasteiger partial charge in [-0.15, -0.1) is 0 Å². The van der Waals surface area contributed by atoms with Gasteiger partial charge in [-0.3, -0.25) is 4.79 Å². The van der Waals surface area contributed by atoms with E-state index in [0.29, 0.717) is 24.0 Å². The van der Waals surface area contributed by atoms with Gasteiger partial charge in [0, 0.05) is 26.3 Å². The van der Waals surface area contributed by atoms with E-state index in [-0.39, 0.29) is 11.5 Å². The van der Waals surface area contributed by atoms with Gasteiger partial charge in [0.1, 0.15) is 6.26 Å². The predicted octanol–water partition coefficient (Wildman–Crippen LogP) is 4.79. The average molecular weight is 428 g/mol. The fraction of sp³-hybridized carbons (Fsp3) is 0.250. The van der Waals surface area contributed by atoms with E-state index in [1.165, 1.54) is 6.26 Å². The Balaban J connectivity index is 2.26. The standard InChI is InChI=1S/C16H12Br2O4/c1-16(8-2-3-10(17)11(18)6-8)5-4-12(19)9-7-22-14(13(9)16)15(20)21/h2-3,6-7H,4-5H2,1H3,(H,20,21)/t16-/m1/s1. The Morgan fingerprint density at radius 1 is 1.32 bits per heavy atom. The van der Waals surface area contributed by atoms with Crippen LogP contribution in [0.4, 0.5) is 0 Å². The molecule has 6 heteroatoms. The number of fused-ring (bicyclic) bond motifs is 1. The third kappa shape index (κ3) is 2.25. The molecule has 1 aliphatic carbocycles. The van der Waals surface area contributed by atoms with E-state index in [2.05, 4.69) is 31.9 Å². The molecule has 1 N–H and O–H groups in total. The first-order valence-electron chi connectivity index (χ1n) is 6.68. The smallest absolute Gasteiger partial charge is 0.372 e. The summed E-state index contributed by atoms with van der Waals surface area (Å²) in [5.74, 6) is -1.37. The number of hydrogen-bond donors (Lipinski definition) is 1. The van der Waals surface area contributed by atoms with Crippen LogP contribution in [-0.2, 0) is 5.41 Å². The lowest BCUT2D eigenvalue weighted by Gasteiger charge is -2.34. The Kier molecular flexibility index (Phi) is 3.77. The highest BCUT2D eigenvalue weighted by Crippen LogP contribution is 2.45. The van der Waals surface area contributed by atoms with E-state index in [9.17, 15) is 14.7 Å². The molecule has 0 bridgehead atoms. The summed E-state index contributed by atoms with van der Waals surface area (Å²) >= 11 is 6.90. The number of rotatable bonds is 2. The molecule has 0 radical (unpaired) electrons. The van der Waals surface area contributed by atoms with Crippen LogP contribution in [0.1, 0.15) is 51.8 Å². The maximum atomic E-state index is 12.1. The predicted molar refractivity (Wildman–Crippen MR) is 87.5 cm³/mol. The first-order chi connectivity index (χ1) is 10.3. The van der Waals surface area contributed by atoms with Gasteiger partial charge in [0.2, 0.25) is 5.76 Å². The van der Waals surface area contributed by atoms with Gasteiger partial charge in [0.15, 0.2) is 5.78 Å². The highest BCUT2D eigenvalue weighted by molar-refractivity contribution is 9.13. The van der Waals surface area contributed by atoms with Gasteiger partial charge in [0.05, 0.1) is 5.56 Å². The van der Waals surface area contributed by atoms with Crippen LogP contribution in [0.25, 0.3) is 0 Å². The molecule has 0 amide bonds. The van der Waals surface area contributed by atoms with Gasteiger partial charge in [-0.05, 0) is 56.0 Å². The van der Waals surface area contributed by atoms with Crippen molar-refractivity contribution in [2.45, 2.75) is 25.2 Å². The van der Waals surface area contributed by atoms with Gasteiger partial charge >= 0.3 is 5.97 Å². The number of aromatic carboxylic acids is 1. The maximum Gasteiger partial charge on any atom is 0.372 e. The number of ketones is 1. The number of hydrogen-bond acceptors (Lipinski definition) is 3. The van der Waals surface area contributed by atoms with Crippen LogP contribution in [-0.4, -0.2) is 16.9 Å². The second-order valence-corrected chi connectivity index (χ2v) is 7.25. The minimum Gasteiger partial charge on any atom is -0.475 e. The van der Waals surface area contributed by atoms with Crippen LogP contribution < -0.4 is 0 Å². The summed E-state index contributed by atoms with van der Waals surface area (Å²) in [6.45, 7) is 1.95. The minimum atomic E-state index is -1.15. The Morgan fingerprint density at radius 3 is 2.68 bits per heavy atom. The summed E-state index contributed by atoms with van der Waals surface area (Å²) in [6, 6.07) is 5.79. The number of carbonyl (C=O) groups is 2. The quantitative estimate of drug-likeness (QED) is 0.748. The molecule has 4 nitrogen and oxygen atoms in total. The Morgan fingerprint density at radius 2 is 2.05 bits per heavy atom. The molecule has 1 atom stereocenters. The fourth-order valence-corrected chi connectivity index (χ4v) is 3.64. The molecule has 0 saturated carbocycles. The Hall–Kier alpha value is -1.40. The SMILES string of the molecule is C[C@]1(c2ccc(Br)c(Br)c2)CCC(=O)c2coc(C(=O)O)c21. The number of carboxylic acids is 1. The minimum absolute atomic E-state index is 0.0695. The zero-order valence-electron chi connectivity index (χ0n) is 11.7. The first kappa shape index (κ1) is 15.5. The largest absolute Gasteiger partial charge is 0.475 e. The molecular formula is C16H12Br2O4. The third-order valence-electron chi connectivity index (χ3n) is 4.25. The van der Waals surface area contributed by atoms with Crippen molar-refractivity contribution in [1.29, 1.82) is 0 Å². The van der Waals surface area contributed by atoms with Gasteiger partial charge in [-0.1, -0.05) is 13.0 Å². The lowest BCUT2D eigenvalue weighted by molar-refractivity contribution is 0.0659. The molecule has 114 valence electrons. The van der Waals surface area contributed by atoms with Crippen molar-refractivity contribution in [3.05, 3.63) is 55.9 Å². The van der Waals surface area contributed by atoms with Crippen LogP contribution in [0.5, 0.6) is 0 Å². The van der Waals surface area contributed by atoms with Crippen molar-refractivity contribution in [2.24, 2.45) is 0 Å². The zero-order valence-corrected chi connectivity index (χ0v) is 14.8. The zero-order chi connectivity index (χ0) is 16.1. The molecule has 1 heterocycles. The third-order valence-corrected chi connectivity index (χ3v) is 6.13. The van der Waals surface area contributed by atoms with E-state index in [0.717, 1.165) is 14.5 Å². The Bertz CT molecular complexity index is 780. The van der Waals surface area contributed by atoms with Gasteiger partial charge in [-0.25, -0.2) is 4.79 Å². The second kappa shape index (κ2) is 5.35. The molecule has 1 aromatic heterocycles. The molecule has 1 aliphatic rings. The molecule has 0 unspecified atom stereocenters. The van der Waals surface area contributed by atoms with Crippen molar-refractivity contribution in [3.8, 4) is 0 Å². The molecule has 2 aromatic rings. The summed E-state index contributed by atoms with van der Waals surface area (Å²) in [5.41, 5.74) is 1.23. The van der Waals surface area contributed by atoms with Gasteiger partial charge < -0.3 is 9.52 Å². The number of benzene rings is 1. The van der Waals surface area contributed by atoms with Crippen LogP contribution in [0.15, 0.2) is 37.8 Å². The van der Waals surface area contributed by atoms with E-state index < -0.39 is 11.4 Å². The number of carboxylic acid groups (broad SMARTS) is 1. The van der Waals surface area contributed by atoms with Crippen molar-refractivity contribution in [1.82, 2.24) is 0 Å². The van der Waals surface area contributed by atoms with E-state index in [1.54, 1.807) is 0 Å². The molecule has 0 saturated heterocycles. The summed E-state index contributed by atoms with van der Waals surface area (Å²) in [5, 5.41) is 9.37. The van der Waals surface area contributed by atoms with Crippen molar-refractivity contribution >= 4 is 43.6 Å². The highest BCUT2D eigenvalue weighted by Gasteiger charge is 2.42. The first-order valence-corrected chi connectivity index (χ1v) is 8.27. The van der Waals surface area contributed by atoms with Gasteiger partial charge in [0.25, 0.3) is 0 Å². The van der Waals surface area contributed by atoms with E-state index in [4.69, 9.17) is 4.42 Å². The van der Waals surface area contributed by atoms with Gasteiger partial charge in [-0.2, -0.15) is 0 Å². The topological polar surface area (TPSA) is 67.5 Å². The van der Waals surface area contributed by atoms with Crippen LogP contribution in [0, 0.1) is 0 Å². The maximum absolute atomic E-state index is 12.1.